The van der Waals surface area contributed by atoms with Crippen LogP contribution >= 0.6 is 0 Å². The van der Waals surface area contributed by atoms with Gasteiger partial charge in [0.25, 0.3) is 0 Å². The number of hydrogen-bond acceptors (Lipinski definition) is 3. The monoisotopic (exact) mass is 174 g/mol. The van der Waals surface area contributed by atoms with Crippen molar-refractivity contribution in [3.05, 3.63) is 30.5 Å². The minimum atomic E-state index is 0.590. The summed E-state index contributed by atoms with van der Waals surface area (Å²) in [6.45, 7) is 0. The number of aromatic nitrogens is 2. The second-order valence-corrected chi connectivity index (χ2v) is 2.81. The first kappa shape index (κ1) is 7.67. The normalized spacial score (nSPS) is 10.2. The highest BCUT2D eigenvalue weighted by atomic mass is 15.1. The summed E-state index contributed by atoms with van der Waals surface area (Å²) in [5.41, 5.74) is 14.4. The van der Waals surface area contributed by atoms with Gasteiger partial charge in [-0.1, -0.05) is 6.07 Å². The molecular weight excluding hydrogens is 164 g/mol. The van der Waals surface area contributed by atoms with E-state index < -0.39 is 0 Å². The molecule has 4 nitrogen and oxygen atoms in total. The predicted molar refractivity (Wildman–Crippen MR) is 52.8 cm³/mol. The van der Waals surface area contributed by atoms with Crippen molar-refractivity contribution in [2.24, 2.45) is 0 Å². The van der Waals surface area contributed by atoms with Crippen molar-refractivity contribution in [1.82, 2.24) is 10.2 Å². The van der Waals surface area contributed by atoms with Gasteiger partial charge in [0, 0.05) is 11.8 Å². The quantitative estimate of drug-likeness (QED) is 0.569. The topological polar surface area (TPSA) is 80.7 Å². The largest absolute Gasteiger partial charge is 0.397 e. The van der Waals surface area contributed by atoms with Crippen molar-refractivity contribution in [3.63, 3.8) is 0 Å². The van der Waals surface area contributed by atoms with Crippen LogP contribution in [-0.2, 0) is 0 Å². The molecule has 66 valence electrons. The van der Waals surface area contributed by atoms with E-state index in [0.717, 1.165) is 11.3 Å². The average molecular weight is 174 g/mol. The van der Waals surface area contributed by atoms with Crippen molar-refractivity contribution < 1.29 is 0 Å². The highest BCUT2D eigenvalue weighted by Crippen LogP contribution is 2.22. The number of aromatic amines is 1. The molecule has 1 aromatic heterocycles. The van der Waals surface area contributed by atoms with Crippen LogP contribution in [0.15, 0.2) is 30.5 Å². The van der Waals surface area contributed by atoms with Crippen LogP contribution in [0.2, 0.25) is 0 Å². The third-order valence-corrected chi connectivity index (χ3v) is 1.90. The van der Waals surface area contributed by atoms with Gasteiger partial charge in [-0.2, -0.15) is 5.10 Å². The Labute approximate surface area is 75.6 Å². The van der Waals surface area contributed by atoms with Crippen molar-refractivity contribution >= 4 is 11.4 Å². The van der Waals surface area contributed by atoms with Gasteiger partial charge in [0.2, 0.25) is 0 Å². The molecule has 2 rings (SSSR count). The summed E-state index contributed by atoms with van der Waals surface area (Å²) in [5, 5.41) is 6.71. The number of H-pyrrole nitrogens is 1. The van der Waals surface area contributed by atoms with Gasteiger partial charge >= 0.3 is 0 Å². The minimum absolute atomic E-state index is 0.590. The first-order chi connectivity index (χ1) is 6.27. The number of nitrogens with two attached hydrogens (primary N) is 2. The lowest BCUT2D eigenvalue weighted by molar-refractivity contribution is 1.10. The molecule has 0 atom stereocenters. The number of nitrogen functional groups attached to an aromatic ring is 2. The second-order valence-electron chi connectivity index (χ2n) is 2.81. The smallest absolute Gasteiger partial charge is 0.0650 e. The molecule has 0 saturated heterocycles. The van der Waals surface area contributed by atoms with E-state index in [4.69, 9.17) is 11.5 Å². The molecule has 1 aromatic carbocycles. The summed E-state index contributed by atoms with van der Waals surface area (Å²) in [4.78, 5) is 0. The van der Waals surface area contributed by atoms with Crippen LogP contribution in [0.1, 0.15) is 0 Å². The number of nitrogens with zero attached hydrogens (tertiary/aromatic N) is 1. The first-order valence-electron chi connectivity index (χ1n) is 3.92. The van der Waals surface area contributed by atoms with Crippen LogP contribution < -0.4 is 11.5 Å². The third-order valence-electron chi connectivity index (χ3n) is 1.90. The molecule has 13 heavy (non-hydrogen) atoms. The Kier molecular flexibility index (Phi) is 1.66. The average Bonchev–Trinajstić information content (AvgIpc) is 2.62. The fourth-order valence-corrected chi connectivity index (χ4v) is 1.16. The maximum absolute atomic E-state index is 5.67. The number of anilines is 2. The second kappa shape index (κ2) is 2.82. The molecular formula is C9H10N4. The van der Waals surface area contributed by atoms with Gasteiger partial charge in [0.05, 0.1) is 17.1 Å². The molecule has 0 amide bonds. The Bertz CT molecular complexity index is 406. The van der Waals surface area contributed by atoms with Crippen LogP contribution in [0.5, 0.6) is 0 Å². The van der Waals surface area contributed by atoms with E-state index in [2.05, 4.69) is 10.2 Å². The van der Waals surface area contributed by atoms with Gasteiger partial charge in [-0.15, -0.1) is 0 Å². The zero-order chi connectivity index (χ0) is 9.26. The predicted octanol–water partition coefficient (Wildman–Crippen LogP) is 1.24. The summed E-state index contributed by atoms with van der Waals surface area (Å²) in [6.07, 6.45) is 1.70. The summed E-state index contributed by atoms with van der Waals surface area (Å²) < 4.78 is 0. The van der Waals surface area contributed by atoms with Gasteiger partial charge in [0.15, 0.2) is 0 Å². The Hall–Kier alpha value is -1.97. The van der Waals surface area contributed by atoms with Crippen LogP contribution in [0.4, 0.5) is 11.4 Å². The molecule has 4 heteroatoms. The van der Waals surface area contributed by atoms with Gasteiger partial charge in [0.1, 0.15) is 0 Å². The summed E-state index contributed by atoms with van der Waals surface area (Å²) in [6, 6.07) is 7.39. The zero-order valence-corrected chi connectivity index (χ0v) is 6.99. The van der Waals surface area contributed by atoms with Gasteiger partial charge in [-0.3, -0.25) is 5.10 Å². The van der Waals surface area contributed by atoms with Crippen molar-refractivity contribution in [3.8, 4) is 11.3 Å². The van der Waals surface area contributed by atoms with E-state index in [1.165, 1.54) is 0 Å². The summed E-state index contributed by atoms with van der Waals surface area (Å²) in [5.74, 6) is 0. The molecule has 2 aromatic rings. The number of nitrogens with one attached hydrogen (secondary N) is 1. The maximum Gasteiger partial charge on any atom is 0.0650 e. The van der Waals surface area contributed by atoms with Gasteiger partial charge < -0.3 is 11.5 Å². The standard InChI is InChI=1S/C9H10N4/c10-7-2-1-6(5-8(7)11)9-3-4-12-13-9/h1-5H,10-11H2,(H,12,13). The molecule has 0 radical (unpaired) electrons. The molecule has 0 aliphatic rings. The van der Waals surface area contributed by atoms with E-state index in [9.17, 15) is 0 Å². The molecule has 0 bridgehead atoms. The lowest BCUT2D eigenvalue weighted by Crippen LogP contribution is -1.94. The van der Waals surface area contributed by atoms with Crippen molar-refractivity contribution in [2.45, 2.75) is 0 Å². The highest BCUT2D eigenvalue weighted by Gasteiger charge is 2.00. The fourth-order valence-electron chi connectivity index (χ4n) is 1.16. The van der Waals surface area contributed by atoms with Crippen LogP contribution in [-0.4, -0.2) is 10.2 Å². The lowest BCUT2D eigenvalue weighted by Gasteiger charge is -2.02. The van der Waals surface area contributed by atoms with Crippen LogP contribution in [0.3, 0.4) is 0 Å². The van der Waals surface area contributed by atoms with Crippen LogP contribution in [0.25, 0.3) is 11.3 Å². The zero-order valence-electron chi connectivity index (χ0n) is 6.99. The van der Waals surface area contributed by atoms with Crippen LogP contribution in [0, 0.1) is 0 Å². The summed E-state index contributed by atoms with van der Waals surface area (Å²) >= 11 is 0. The molecule has 0 spiro atoms. The summed E-state index contributed by atoms with van der Waals surface area (Å²) in [7, 11) is 0. The van der Waals surface area contributed by atoms with Gasteiger partial charge in [-0.05, 0) is 18.2 Å². The number of hydrogen-bond donors (Lipinski definition) is 3. The molecule has 1 heterocycles. The van der Waals surface area contributed by atoms with Gasteiger partial charge in [-0.25, -0.2) is 0 Å². The van der Waals surface area contributed by atoms with E-state index in [0.29, 0.717) is 11.4 Å². The first-order valence-corrected chi connectivity index (χ1v) is 3.92. The van der Waals surface area contributed by atoms with E-state index in [1.807, 2.05) is 18.2 Å². The molecule has 0 aliphatic carbocycles. The molecule has 0 aliphatic heterocycles. The fraction of sp³-hybridized carbons (Fsp3) is 0. The molecule has 5 N–H and O–H groups in total. The van der Waals surface area contributed by atoms with Crippen molar-refractivity contribution in [2.75, 3.05) is 11.5 Å². The Balaban J connectivity index is 2.49. The Morgan fingerprint density at radius 1 is 1.08 bits per heavy atom. The highest BCUT2D eigenvalue weighted by molar-refractivity contribution is 5.72. The Morgan fingerprint density at radius 3 is 2.54 bits per heavy atom. The molecule has 0 unspecified atom stereocenters. The Morgan fingerprint density at radius 2 is 1.92 bits per heavy atom. The lowest BCUT2D eigenvalue weighted by atomic mass is 10.1. The molecule has 0 saturated carbocycles. The van der Waals surface area contributed by atoms with E-state index >= 15 is 0 Å². The van der Waals surface area contributed by atoms with E-state index in [-0.39, 0.29) is 0 Å². The number of rotatable bonds is 1. The SMILES string of the molecule is Nc1ccc(-c2ccn[nH]2)cc1N. The van der Waals surface area contributed by atoms with E-state index in [1.54, 1.807) is 12.3 Å². The minimum Gasteiger partial charge on any atom is -0.397 e. The molecule has 0 fully saturated rings. The third kappa shape index (κ3) is 1.33. The van der Waals surface area contributed by atoms with Crippen molar-refractivity contribution in [1.29, 1.82) is 0 Å². The number of benzene rings is 1. The maximum atomic E-state index is 5.67.